The van der Waals surface area contributed by atoms with E-state index in [2.05, 4.69) is 64.1 Å². The first-order valence-corrected chi connectivity index (χ1v) is 8.77. The molecule has 0 heterocycles. The lowest BCUT2D eigenvalue weighted by Gasteiger charge is -2.15. The first-order valence-electron chi connectivity index (χ1n) is 8.77. The highest BCUT2D eigenvalue weighted by Crippen LogP contribution is 2.34. The van der Waals surface area contributed by atoms with Crippen LogP contribution in [0.3, 0.4) is 0 Å². The van der Waals surface area contributed by atoms with Gasteiger partial charge < -0.3 is 4.74 Å². The number of carbonyl (C=O) groups is 1. The molecule has 0 saturated carbocycles. The Morgan fingerprint density at radius 3 is 1.42 bits per heavy atom. The number of ether oxygens (including phenoxy) is 1. The van der Waals surface area contributed by atoms with Crippen molar-refractivity contribution in [2.45, 2.75) is 27.7 Å². The molecule has 3 aromatic carbocycles. The van der Waals surface area contributed by atoms with Crippen LogP contribution in [-0.2, 0) is 4.74 Å². The summed E-state index contributed by atoms with van der Waals surface area (Å²) < 4.78 is 5.14. The third kappa shape index (κ3) is 3.55. The molecule has 0 bridgehead atoms. The average Bonchev–Trinajstić information content (AvgIpc) is 2.58. The molecule has 3 rings (SSSR count). The van der Waals surface area contributed by atoms with Crippen molar-refractivity contribution in [3.05, 3.63) is 82.4 Å². The van der Waals surface area contributed by atoms with Gasteiger partial charge in [-0.05, 0) is 49.9 Å². The van der Waals surface area contributed by atoms with Gasteiger partial charge in [-0.1, -0.05) is 76.9 Å². The molecule has 26 heavy (non-hydrogen) atoms. The Hall–Kier alpha value is -2.87. The van der Waals surface area contributed by atoms with E-state index in [9.17, 15) is 4.79 Å². The first kappa shape index (κ1) is 17.9. The molecule has 0 aliphatic heterocycles. The smallest absolute Gasteiger partial charge is 0.339 e. The van der Waals surface area contributed by atoms with Gasteiger partial charge in [0.25, 0.3) is 0 Å². The number of carbonyl (C=O) groups excluding carboxylic acids is 1. The molecule has 0 saturated heterocycles. The molecule has 0 unspecified atom stereocenters. The molecule has 2 nitrogen and oxygen atoms in total. The SMILES string of the molecule is COC(=O)c1c(-c2cc(C)cc(C)c2)cccc1-c1cc(C)cc(C)c1. The second kappa shape index (κ2) is 7.17. The maximum Gasteiger partial charge on any atom is 0.339 e. The summed E-state index contributed by atoms with van der Waals surface area (Å²) in [6, 6.07) is 18.7. The molecule has 0 radical (unpaired) electrons. The Morgan fingerprint density at radius 2 is 1.08 bits per heavy atom. The summed E-state index contributed by atoms with van der Waals surface area (Å²) in [5.74, 6) is -0.311. The van der Waals surface area contributed by atoms with Crippen LogP contribution in [-0.4, -0.2) is 13.1 Å². The van der Waals surface area contributed by atoms with Gasteiger partial charge in [0.15, 0.2) is 0 Å². The minimum absolute atomic E-state index is 0.311. The van der Waals surface area contributed by atoms with Crippen molar-refractivity contribution >= 4 is 5.97 Å². The number of aryl methyl sites for hydroxylation is 4. The molecule has 0 aliphatic rings. The van der Waals surface area contributed by atoms with E-state index in [1.54, 1.807) is 0 Å². The van der Waals surface area contributed by atoms with E-state index in [-0.39, 0.29) is 5.97 Å². The van der Waals surface area contributed by atoms with Gasteiger partial charge in [0.2, 0.25) is 0 Å². The Labute approximate surface area is 155 Å². The van der Waals surface area contributed by atoms with E-state index in [1.807, 2.05) is 18.2 Å². The van der Waals surface area contributed by atoms with Gasteiger partial charge in [0.1, 0.15) is 0 Å². The molecular weight excluding hydrogens is 320 g/mol. The van der Waals surface area contributed by atoms with Crippen molar-refractivity contribution in [3.8, 4) is 22.3 Å². The fourth-order valence-corrected chi connectivity index (χ4v) is 3.62. The lowest BCUT2D eigenvalue weighted by atomic mass is 9.89. The fourth-order valence-electron chi connectivity index (χ4n) is 3.62. The van der Waals surface area contributed by atoms with Crippen molar-refractivity contribution in [2.75, 3.05) is 7.11 Å². The van der Waals surface area contributed by atoms with Crippen molar-refractivity contribution < 1.29 is 9.53 Å². The molecule has 0 amide bonds. The normalized spacial score (nSPS) is 10.7. The minimum Gasteiger partial charge on any atom is -0.465 e. The fraction of sp³-hybridized carbons (Fsp3) is 0.208. The summed E-state index contributed by atoms with van der Waals surface area (Å²) in [5, 5.41) is 0. The third-order valence-corrected chi connectivity index (χ3v) is 4.52. The quantitative estimate of drug-likeness (QED) is 0.541. The third-order valence-electron chi connectivity index (χ3n) is 4.52. The molecular formula is C24H24O2. The van der Waals surface area contributed by atoms with Crippen LogP contribution in [0.2, 0.25) is 0 Å². The highest BCUT2D eigenvalue weighted by molar-refractivity contribution is 6.04. The molecule has 2 heteroatoms. The molecule has 0 N–H and O–H groups in total. The van der Waals surface area contributed by atoms with Crippen LogP contribution in [0.25, 0.3) is 22.3 Å². The lowest BCUT2D eigenvalue weighted by Crippen LogP contribution is -2.06. The molecule has 0 atom stereocenters. The van der Waals surface area contributed by atoms with E-state index < -0.39 is 0 Å². The average molecular weight is 344 g/mol. The summed E-state index contributed by atoms with van der Waals surface area (Å²) in [5.41, 5.74) is 9.19. The van der Waals surface area contributed by atoms with Gasteiger partial charge in [-0.25, -0.2) is 4.79 Å². The van der Waals surface area contributed by atoms with Crippen LogP contribution < -0.4 is 0 Å². The Morgan fingerprint density at radius 1 is 0.692 bits per heavy atom. The summed E-state index contributed by atoms with van der Waals surface area (Å²) in [7, 11) is 1.44. The number of hydrogen-bond acceptors (Lipinski definition) is 2. The molecule has 0 aromatic heterocycles. The van der Waals surface area contributed by atoms with Gasteiger partial charge >= 0.3 is 5.97 Å². The molecule has 0 aliphatic carbocycles. The zero-order chi connectivity index (χ0) is 18.8. The highest BCUT2D eigenvalue weighted by Gasteiger charge is 2.19. The van der Waals surface area contributed by atoms with E-state index >= 15 is 0 Å². The molecule has 0 spiro atoms. The van der Waals surface area contributed by atoms with Gasteiger partial charge in [0.05, 0.1) is 12.7 Å². The maximum absolute atomic E-state index is 12.7. The van der Waals surface area contributed by atoms with Crippen LogP contribution >= 0.6 is 0 Å². The predicted octanol–water partition coefficient (Wildman–Crippen LogP) is 6.04. The van der Waals surface area contributed by atoms with Crippen molar-refractivity contribution in [1.82, 2.24) is 0 Å². The molecule has 132 valence electrons. The van der Waals surface area contributed by atoms with Crippen LogP contribution in [0.15, 0.2) is 54.6 Å². The van der Waals surface area contributed by atoms with Crippen LogP contribution in [0.4, 0.5) is 0 Å². The first-order chi connectivity index (χ1) is 12.4. The van der Waals surface area contributed by atoms with E-state index in [0.29, 0.717) is 5.56 Å². The minimum atomic E-state index is -0.311. The standard InChI is InChI=1S/C24H24O2/c1-15-9-16(2)12-19(11-15)21-7-6-8-22(23(21)24(25)26-5)20-13-17(3)10-18(4)14-20/h6-14H,1-5H3. The summed E-state index contributed by atoms with van der Waals surface area (Å²) in [6.45, 7) is 8.29. The van der Waals surface area contributed by atoms with Crippen molar-refractivity contribution in [1.29, 1.82) is 0 Å². The van der Waals surface area contributed by atoms with Crippen LogP contribution in [0, 0.1) is 27.7 Å². The Kier molecular flexibility index (Phi) is 4.94. The van der Waals surface area contributed by atoms with Crippen LogP contribution in [0.5, 0.6) is 0 Å². The Balaban J connectivity index is 2.31. The number of hydrogen-bond donors (Lipinski definition) is 0. The number of esters is 1. The number of rotatable bonds is 3. The number of benzene rings is 3. The second-order valence-electron chi connectivity index (χ2n) is 6.97. The largest absolute Gasteiger partial charge is 0.465 e. The predicted molar refractivity (Wildman–Crippen MR) is 108 cm³/mol. The van der Waals surface area contributed by atoms with Gasteiger partial charge in [-0.2, -0.15) is 0 Å². The highest BCUT2D eigenvalue weighted by atomic mass is 16.5. The van der Waals surface area contributed by atoms with E-state index in [0.717, 1.165) is 22.3 Å². The van der Waals surface area contributed by atoms with Gasteiger partial charge in [-0.15, -0.1) is 0 Å². The zero-order valence-corrected chi connectivity index (χ0v) is 16.0. The summed E-state index contributed by atoms with van der Waals surface area (Å²) in [4.78, 5) is 12.7. The van der Waals surface area contributed by atoms with E-state index in [4.69, 9.17) is 4.74 Å². The number of methoxy groups -OCH3 is 1. The lowest BCUT2D eigenvalue weighted by molar-refractivity contribution is 0.0602. The second-order valence-corrected chi connectivity index (χ2v) is 6.97. The van der Waals surface area contributed by atoms with Crippen molar-refractivity contribution in [3.63, 3.8) is 0 Å². The van der Waals surface area contributed by atoms with Crippen molar-refractivity contribution in [2.24, 2.45) is 0 Å². The monoisotopic (exact) mass is 344 g/mol. The summed E-state index contributed by atoms with van der Waals surface area (Å²) in [6.07, 6.45) is 0. The van der Waals surface area contributed by atoms with E-state index in [1.165, 1.54) is 29.4 Å². The topological polar surface area (TPSA) is 26.3 Å². The van der Waals surface area contributed by atoms with Gasteiger partial charge in [0, 0.05) is 0 Å². The molecule has 3 aromatic rings. The van der Waals surface area contributed by atoms with Crippen LogP contribution in [0.1, 0.15) is 32.6 Å². The Bertz CT molecular complexity index is 873. The zero-order valence-electron chi connectivity index (χ0n) is 16.0. The summed E-state index contributed by atoms with van der Waals surface area (Å²) >= 11 is 0. The molecule has 0 fully saturated rings. The van der Waals surface area contributed by atoms with Gasteiger partial charge in [-0.3, -0.25) is 0 Å². The maximum atomic E-state index is 12.7.